The van der Waals surface area contributed by atoms with Gasteiger partial charge in [-0.2, -0.15) is 0 Å². The number of unbranched alkanes of at least 4 members (excludes halogenated alkanes) is 21. The number of quaternary nitrogens is 1. The van der Waals surface area contributed by atoms with Gasteiger partial charge in [0.2, 0.25) is 5.91 Å². The first-order chi connectivity index (χ1) is 37.9. The number of nitrogens with zero attached hydrogens (tertiary/aromatic N) is 1. The summed E-state index contributed by atoms with van der Waals surface area (Å²) in [7, 11) is 1.44. The highest BCUT2D eigenvalue weighted by atomic mass is 31.2. The number of hydrogen-bond acceptors (Lipinski definition) is 6. The number of nitrogens with one attached hydrogen (secondary N) is 1. The lowest BCUT2D eigenvalue weighted by molar-refractivity contribution is -0.870. The highest BCUT2D eigenvalue weighted by Gasteiger charge is 2.30. The van der Waals surface area contributed by atoms with Gasteiger partial charge in [0.05, 0.1) is 33.8 Å². The van der Waals surface area contributed by atoms with Gasteiger partial charge in [-0.05, 0) is 115 Å². The first-order valence-electron chi connectivity index (χ1n) is 31.4. The van der Waals surface area contributed by atoms with E-state index in [0.717, 1.165) is 109 Å². The molecule has 0 saturated heterocycles. The molecule has 0 saturated carbocycles. The number of rotatable bonds is 55. The lowest BCUT2D eigenvalue weighted by Crippen LogP contribution is -2.47. The van der Waals surface area contributed by atoms with E-state index in [9.17, 15) is 19.0 Å². The number of phosphoric ester groups is 1. The molecule has 446 valence electrons. The molecule has 0 aromatic heterocycles. The zero-order valence-corrected chi connectivity index (χ0v) is 51.8. The molecule has 78 heavy (non-hydrogen) atoms. The van der Waals surface area contributed by atoms with E-state index in [4.69, 9.17) is 13.8 Å². The summed E-state index contributed by atoms with van der Waals surface area (Å²) >= 11 is 0. The maximum Gasteiger partial charge on any atom is 0.472 e. The van der Waals surface area contributed by atoms with E-state index in [1.165, 1.54) is 96.3 Å². The van der Waals surface area contributed by atoms with Crippen molar-refractivity contribution in [1.82, 2.24) is 5.32 Å². The molecule has 0 rings (SSSR count). The molecule has 0 fully saturated rings. The van der Waals surface area contributed by atoms with Gasteiger partial charge >= 0.3 is 13.8 Å². The molecule has 0 radical (unpaired) electrons. The number of esters is 1. The van der Waals surface area contributed by atoms with Gasteiger partial charge in [0, 0.05) is 12.8 Å². The summed E-state index contributed by atoms with van der Waals surface area (Å²) in [6, 6.07) is -0.885. The van der Waals surface area contributed by atoms with Crippen LogP contribution in [0.1, 0.15) is 245 Å². The van der Waals surface area contributed by atoms with Crippen LogP contribution in [0.15, 0.2) is 122 Å². The van der Waals surface area contributed by atoms with Gasteiger partial charge in [0.15, 0.2) is 0 Å². The third kappa shape index (κ3) is 57.1. The van der Waals surface area contributed by atoms with Crippen LogP contribution in [-0.4, -0.2) is 74.3 Å². The average Bonchev–Trinajstić information content (AvgIpc) is 3.40. The molecule has 0 aromatic rings. The van der Waals surface area contributed by atoms with Crippen molar-refractivity contribution in [2.45, 2.75) is 258 Å². The molecule has 3 unspecified atom stereocenters. The van der Waals surface area contributed by atoms with Crippen molar-refractivity contribution >= 4 is 19.7 Å². The molecule has 9 nitrogen and oxygen atoms in total. The van der Waals surface area contributed by atoms with Crippen LogP contribution in [0.5, 0.6) is 0 Å². The van der Waals surface area contributed by atoms with Gasteiger partial charge in [0.1, 0.15) is 19.3 Å². The summed E-state index contributed by atoms with van der Waals surface area (Å²) in [6.07, 6.45) is 79.2. The van der Waals surface area contributed by atoms with E-state index >= 15 is 0 Å². The Morgan fingerprint density at radius 3 is 1.28 bits per heavy atom. The standard InChI is InChI=1S/C68H117N2O7P/c1-7-10-13-16-19-22-25-28-30-32-33-34-35-36-37-39-40-42-45-48-51-54-57-60-67(71)69-65(64-76-78(73,74)75-63-62-70(4,5)6)66(59-56-53-50-47-44-27-24-21-18-15-12-9-3)77-68(72)61-58-55-52-49-46-43-41-38-31-29-26-23-20-17-14-11-8-2/h10,13,19-20,22-23,28-31,33-34,36-37,41,43,49,52,56,59,65-66H,7-9,11-12,14-18,21,24-27,32,35,38-40,42,44-48,50-51,53-55,57-58,60-64H2,1-6H3,(H-,69,71,73,74)/p+1/b13-10-,22-19-,23-20-,30-28-,31-29-,34-33-,37-36-,43-41-,52-49-,59-56-. The summed E-state index contributed by atoms with van der Waals surface area (Å²) < 4.78 is 30.6. The summed E-state index contributed by atoms with van der Waals surface area (Å²) in [5.41, 5.74) is 0. The molecule has 0 bridgehead atoms. The molecule has 0 aromatic carbocycles. The van der Waals surface area contributed by atoms with E-state index in [2.05, 4.69) is 135 Å². The average molecular weight is 1110 g/mol. The molecule has 1 amide bonds. The van der Waals surface area contributed by atoms with Gasteiger partial charge in [0.25, 0.3) is 0 Å². The van der Waals surface area contributed by atoms with Crippen LogP contribution in [0, 0.1) is 0 Å². The predicted molar refractivity (Wildman–Crippen MR) is 336 cm³/mol. The Morgan fingerprint density at radius 2 is 0.833 bits per heavy atom. The number of likely N-dealkylation sites (N-methyl/N-ethyl adjacent to an activating group) is 1. The quantitative estimate of drug-likeness (QED) is 0.0205. The Hall–Kier alpha value is -3.59. The van der Waals surface area contributed by atoms with Crippen LogP contribution >= 0.6 is 7.82 Å². The van der Waals surface area contributed by atoms with E-state index in [1.807, 2.05) is 33.3 Å². The number of amides is 1. The summed E-state index contributed by atoms with van der Waals surface area (Å²) in [4.78, 5) is 37.7. The van der Waals surface area contributed by atoms with Gasteiger partial charge < -0.3 is 19.4 Å². The van der Waals surface area contributed by atoms with Crippen LogP contribution in [-0.2, 0) is 27.9 Å². The Kier molecular flexibility index (Phi) is 54.1. The summed E-state index contributed by atoms with van der Waals surface area (Å²) in [5.74, 6) is -0.591. The van der Waals surface area contributed by atoms with Crippen LogP contribution in [0.3, 0.4) is 0 Å². The number of hydrogen-bond donors (Lipinski definition) is 2. The largest absolute Gasteiger partial charge is 0.472 e. The molecule has 2 N–H and O–H groups in total. The summed E-state index contributed by atoms with van der Waals surface area (Å²) in [5, 5.41) is 3.03. The second kappa shape index (κ2) is 56.7. The fraction of sp³-hybridized carbons (Fsp3) is 0.676. The first-order valence-corrected chi connectivity index (χ1v) is 32.9. The van der Waals surface area contributed by atoms with Crippen molar-refractivity contribution in [2.24, 2.45) is 0 Å². The number of carbonyl (C=O) groups excluding carboxylic acids is 2. The van der Waals surface area contributed by atoms with E-state index in [-0.39, 0.29) is 31.5 Å². The Bertz CT molecular complexity index is 1750. The van der Waals surface area contributed by atoms with Crippen molar-refractivity contribution in [3.05, 3.63) is 122 Å². The molecule has 0 aliphatic rings. The number of allylic oxidation sites excluding steroid dienone is 19. The third-order valence-electron chi connectivity index (χ3n) is 13.1. The van der Waals surface area contributed by atoms with Crippen LogP contribution in [0.25, 0.3) is 0 Å². The predicted octanol–water partition coefficient (Wildman–Crippen LogP) is 19.5. The van der Waals surface area contributed by atoms with Crippen molar-refractivity contribution in [1.29, 1.82) is 0 Å². The van der Waals surface area contributed by atoms with Crippen LogP contribution in [0.2, 0.25) is 0 Å². The monoisotopic (exact) mass is 1110 g/mol. The Labute approximate surface area is 480 Å². The highest BCUT2D eigenvalue weighted by molar-refractivity contribution is 7.47. The Balaban J connectivity index is 5.33. The molecule has 3 atom stereocenters. The SMILES string of the molecule is CC/C=C\C/C=C\C/C=C\C/C=C\C/C=C\CCCCCCCCCC(=O)NC(COP(=O)(O)OCC[N+](C)(C)C)C(/C=C\CCCCCCCCCCCC)OC(=O)CCC/C=C\C/C=C\C/C=C\C/C=C\CCCCC. The topological polar surface area (TPSA) is 111 Å². The molecule has 0 heterocycles. The lowest BCUT2D eigenvalue weighted by Gasteiger charge is -2.27. The normalized spacial score (nSPS) is 14.5. The molecule has 10 heteroatoms. The first kappa shape index (κ1) is 74.4. The molecular weight excluding hydrogens is 988 g/mol. The van der Waals surface area contributed by atoms with Crippen molar-refractivity contribution in [3.63, 3.8) is 0 Å². The van der Waals surface area contributed by atoms with Crippen molar-refractivity contribution in [2.75, 3.05) is 40.9 Å². The minimum absolute atomic E-state index is 0.0230. The fourth-order valence-electron chi connectivity index (χ4n) is 8.31. The van der Waals surface area contributed by atoms with Crippen molar-refractivity contribution in [3.8, 4) is 0 Å². The fourth-order valence-corrected chi connectivity index (χ4v) is 9.05. The van der Waals surface area contributed by atoms with Gasteiger partial charge in [-0.15, -0.1) is 0 Å². The lowest BCUT2D eigenvalue weighted by atomic mass is 10.0. The molecular formula is C68H118N2O7P+. The maximum absolute atomic E-state index is 13.6. The molecule has 0 spiro atoms. The van der Waals surface area contributed by atoms with Gasteiger partial charge in [-0.25, -0.2) is 4.57 Å². The smallest absolute Gasteiger partial charge is 0.456 e. The molecule has 0 aliphatic carbocycles. The zero-order valence-electron chi connectivity index (χ0n) is 50.9. The number of carbonyl (C=O) groups is 2. The van der Waals surface area contributed by atoms with Crippen molar-refractivity contribution < 1.29 is 37.3 Å². The minimum Gasteiger partial charge on any atom is -0.456 e. The van der Waals surface area contributed by atoms with Crippen LogP contribution < -0.4 is 5.32 Å². The molecule has 0 aliphatic heterocycles. The Morgan fingerprint density at radius 1 is 0.462 bits per heavy atom. The number of phosphoric acid groups is 1. The van der Waals surface area contributed by atoms with E-state index in [1.54, 1.807) is 0 Å². The van der Waals surface area contributed by atoms with E-state index < -0.39 is 20.0 Å². The van der Waals surface area contributed by atoms with Gasteiger partial charge in [-0.1, -0.05) is 239 Å². The van der Waals surface area contributed by atoms with E-state index in [0.29, 0.717) is 23.9 Å². The minimum atomic E-state index is -4.47. The van der Waals surface area contributed by atoms with Gasteiger partial charge in [-0.3, -0.25) is 18.6 Å². The number of ether oxygens (including phenoxy) is 1. The highest BCUT2D eigenvalue weighted by Crippen LogP contribution is 2.43. The second-order valence-corrected chi connectivity index (χ2v) is 23.3. The third-order valence-corrected chi connectivity index (χ3v) is 14.1. The van der Waals surface area contributed by atoms with Crippen LogP contribution in [0.4, 0.5) is 0 Å². The maximum atomic E-state index is 13.6. The second-order valence-electron chi connectivity index (χ2n) is 21.8. The zero-order chi connectivity index (χ0) is 57.2. The summed E-state index contributed by atoms with van der Waals surface area (Å²) in [6.45, 7) is 6.81.